The minimum absolute atomic E-state index is 0.0298. The minimum Gasteiger partial charge on any atom is -0.508 e. The van der Waals surface area contributed by atoms with Crippen molar-refractivity contribution in [3.63, 3.8) is 0 Å². The van der Waals surface area contributed by atoms with E-state index in [1.165, 1.54) is 25.1 Å². The monoisotopic (exact) mass is 223 g/mol. The fourth-order valence-corrected chi connectivity index (χ4v) is 1.39. The second-order valence-electron chi connectivity index (χ2n) is 3.55. The molecule has 0 heterocycles. The van der Waals surface area contributed by atoms with Gasteiger partial charge in [0, 0.05) is 5.56 Å². The van der Waals surface area contributed by atoms with E-state index in [1.54, 1.807) is 0 Å². The van der Waals surface area contributed by atoms with Crippen molar-refractivity contribution >= 4 is 11.8 Å². The lowest BCUT2D eigenvalue weighted by Gasteiger charge is -2.10. The number of carbonyl (C=O) groups is 2. The molecule has 16 heavy (non-hydrogen) atoms. The molecule has 86 valence electrons. The molecule has 1 rings (SSSR count). The Balaban J connectivity index is 3.04. The van der Waals surface area contributed by atoms with Gasteiger partial charge in [0.1, 0.15) is 11.8 Å². The third-order valence-electron chi connectivity index (χ3n) is 2.23. The molecule has 5 heteroatoms. The number of aromatic hydroxyl groups is 1. The van der Waals surface area contributed by atoms with Crippen LogP contribution in [-0.2, 0) is 11.2 Å². The van der Waals surface area contributed by atoms with Crippen LogP contribution < -0.4 is 5.73 Å². The van der Waals surface area contributed by atoms with Crippen molar-refractivity contribution in [1.29, 1.82) is 0 Å². The topological polar surface area (TPSA) is 101 Å². The van der Waals surface area contributed by atoms with Crippen molar-refractivity contribution < 1.29 is 19.8 Å². The molecule has 0 aliphatic rings. The third-order valence-corrected chi connectivity index (χ3v) is 2.23. The Labute approximate surface area is 92.5 Å². The Hall–Kier alpha value is -1.88. The molecule has 4 N–H and O–H groups in total. The van der Waals surface area contributed by atoms with E-state index in [9.17, 15) is 14.7 Å². The van der Waals surface area contributed by atoms with Gasteiger partial charge in [-0.2, -0.15) is 0 Å². The molecule has 0 aliphatic carbocycles. The van der Waals surface area contributed by atoms with Crippen LogP contribution in [0.2, 0.25) is 0 Å². The number of phenols is 1. The lowest BCUT2D eigenvalue weighted by Crippen LogP contribution is -2.32. The molecule has 0 bridgehead atoms. The van der Waals surface area contributed by atoms with Gasteiger partial charge in [-0.1, -0.05) is 6.07 Å². The number of carboxylic acid groups (broad SMARTS) is 1. The molecule has 0 amide bonds. The summed E-state index contributed by atoms with van der Waals surface area (Å²) in [6.07, 6.45) is 0.0600. The molecule has 0 unspecified atom stereocenters. The number of ketones is 1. The van der Waals surface area contributed by atoms with Crippen molar-refractivity contribution in [1.82, 2.24) is 0 Å². The van der Waals surface area contributed by atoms with Crippen LogP contribution in [0.3, 0.4) is 0 Å². The van der Waals surface area contributed by atoms with Gasteiger partial charge in [-0.15, -0.1) is 0 Å². The predicted molar refractivity (Wildman–Crippen MR) is 57.4 cm³/mol. The third kappa shape index (κ3) is 2.80. The first kappa shape index (κ1) is 12.2. The largest absolute Gasteiger partial charge is 0.508 e. The highest BCUT2D eigenvalue weighted by molar-refractivity contribution is 5.96. The fraction of sp³-hybridized carbons (Fsp3) is 0.273. The van der Waals surface area contributed by atoms with Gasteiger partial charge >= 0.3 is 5.97 Å². The van der Waals surface area contributed by atoms with E-state index in [2.05, 4.69) is 0 Å². The molecule has 0 fully saturated rings. The van der Waals surface area contributed by atoms with E-state index >= 15 is 0 Å². The van der Waals surface area contributed by atoms with Crippen molar-refractivity contribution in [2.75, 3.05) is 0 Å². The molecule has 0 saturated heterocycles. The van der Waals surface area contributed by atoms with Crippen LogP contribution in [0, 0.1) is 0 Å². The summed E-state index contributed by atoms with van der Waals surface area (Å²) in [5.74, 6) is -1.39. The highest BCUT2D eigenvalue weighted by atomic mass is 16.4. The van der Waals surface area contributed by atoms with Gasteiger partial charge in [0.25, 0.3) is 0 Å². The Morgan fingerprint density at radius 3 is 2.56 bits per heavy atom. The maximum atomic E-state index is 11.3. The van der Waals surface area contributed by atoms with E-state index < -0.39 is 12.0 Å². The van der Waals surface area contributed by atoms with Crippen LogP contribution in [0.25, 0.3) is 0 Å². The number of hydrogen-bond acceptors (Lipinski definition) is 4. The van der Waals surface area contributed by atoms with Crippen molar-refractivity contribution in [3.8, 4) is 5.75 Å². The summed E-state index contributed by atoms with van der Waals surface area (Å²) in [6, 6.07) is 3.17. The lowest BCUT2D eigenvalue weighted by atomic mass is 9.98. The Kier molecular flexibility index (Phi) is 3.63. The Morgan fingerprint density at radius 2 is 2.06 bits per heavy atom. The van der Waals surface area contributed by atoms with Crippen LogP contribution in [0.4, 0.5) is 0 Å². The maximum Gasteiger partial charge on any atom is 0.320 e. The summed E-state index contributed by atoms with van der Waals surface area (Å²) in [7, 11) is 0. The average molecular weight is 223 g/mol. The summed E-state index contributed by atoms with van der Waals surface area (Å²) in [4.78, 5) is 21.9. The van der Waals surface area contributed by atoms with E-state index in [1.807, 2.05) is 0 Å². The van der Waals surface area contributed by atoms with Gasteiger partial charge in [0.2, 0.25) is 0 Å². The maximum absolute atomic E-state index is 11.3. The van der Waals surface area contributed by atoms with Crippen LogP contribution in [0.5, 0.6) is 5.75 Å². The highest BCUT2D eigenvalue weighted by Gasteiger charge is 2.16. The van der Waals surface area contributed by atoms with Gasteiger partial charge in [-0.3, -0.25) is 9.59 Å². The zero-order valence-electron chi connectivity index (χ0n) is 8.80. The Morgan fingerprint density at radius 1 is 1.44 bits per heavy atom. The van der Waals surface area contributed by atoms with Gasteiger partial charge in [-0.25, -0.2) is 0 Å². The zero-order valence-corrected chi connectivity index (χ0v) is 8.80. The normalized spacial score (nSPS) is 12.1. The quantitative estimate of drug-likeness (QED) is 0.647. The minimum atomic E-state index is -1.12. The second kappa shape index (κ2) is 4.76. The van der Waals surface area contributed by atoms with Crippen LogP contribution in [0.15, 0.2) is 18.2 Å². The van der Waals surface area contributed by atoms with Crippen LogP contribution >= 0.6 is 0 Å². The first-order valence-electron chi connectivity index (χ1n) is 4.73. The lowest BCUT2D eigenvalue weighted by molar-refractivity contribution is -0.138. The number of carbonyl (C=O) groups excluding carboxylic acids is 1. The standard InChI is InChI=1S/C11H13NO4/c1-6(13)9-5-8(14)3-2-7(9)4-10(12)11(15)16/h2-3,5,10,14H,4,12H2,1H3,(H,15,16)/t10-/m0/s1. The molecule has 1 aromatic carbocycles. The second-order valence-corrected chi connectivity index (χ2v) is 3.55. The van der Waals surface area contributed by atoms with Crippen LogP contribution in [-0.4, -0.2) is 28.0 Å². The predicted octanol–water partition coefficient (Wildman–Crippen LogP) is 0.549. The average Bonchev–Trinajstić information content (AvgIpc) is 2.20. The molecule has 0 aromatic heterocycles. The molecule has 0 aliphatic heterocycles. The van der Waals surface area contributed by atoms with Gasteiger partial charge in [-0.05, 0) is 31.0 Å². The Bertz CT molecular complexity index is 428. The molecular weight excluding hydrogens is 210 g/mol. The summed E-state index contributed by atoms with van der Waals surface area (Å²) in [5.41, 5.74) is 6.21. The number of nitrogens with two attached hydrogens (primary N) is 1. The van der Waals surface area contributed by atoms with Gasteiger partial charge < -0.3 is 15.9 Å². The summed E-state index contributed by atoms with van der Waals surface area (Å²) in [5, 5.41) is 17.9. The van der Waals surface area contributed by atoms with E-state index in [4.69, 9.17) is 10.8 Å². The smallest absolute Gasteiger partial charge is 0.320 e. The van der Waals surface area contributed by atoms with Crippen molar-refractivity contribution in [2.24, 2.45) is 5.73 Å². The van der Waals surface area contributed by atoms with Crippen molar-refractivity contribution in [3.05, 3.63) is 29.3 Å². The van der Waals surface area contributed by atoms with Crippen molar-refractivity contribution in [2.45, 2.75) is 19.4 Å². The molecule has 1 aromatic rings. The summed E-state index contributed by atoms with van der Waals surface area (Å²) in [6.45, 7) is 1.35. The zero-order chi connectivity index (χ0) is 12.3. The molecule has 0 saturated carbocycles. The number of aliphatic carboxylic acids is 1. The molecule has 0 spiro atoms. The number of carboxylic acids is 1. The van der Waals surface area contributed by atoms with E-state index in [0.29, 0.717) is 11.1 Å². The number of hydrogen-bond donors (Lipinski definition) is 3. The number of benzene rings is 1. The molecule has 1 atom stereocenters. The molecular formula is C11H13NO4. The summed E-state index contributed by atoms with van der Waals surface area (Å²) < 4.78 is 0. The van der Waals surface area contributed by atoms with Crippen LogP contribution in [0.1, 0.15) is 22.8 Å². The first-order valence-corrected chi connectivity index (χ1v) is 4.73. The summed E-state index contributed by atoms with van der Waals surface area (Å²) >= 11 is 0. The number of Topliss-reactive ketones (excluding diaryl/α,β-unsaturated/α-hetero) is 1. The molecule has 5 nitrogen and oxygen atoms in total. The number of phenolic OH excluding ortho intramolecular Hbond substituents is 1. The first-order chi connectivity index (χ1) is 7.41. The number of rotatable bonds is 4. The SMILES string of the molecule is CC(=O)c1cc(O)ccc1C[C@H](N)C(=O)O. The van der Waals surface area contributed by atoms with Gasteiger partial charge in [0.05, 0.1) is 0 Å². The fourth-order valence-electron chi connectivity index (χ4n) is 1.39. The van der Waals surface area contributed by atoms with E-state index in [0.717, 1.165) is 0 Å². The molecule has 0 radical (unpaired) electrons. The highest BCUT2D eigenvalue weighted by Crippen LogP contribution is 2.18. The van der Waals surface area contributed by atoms with E-state index in [-0.39, 0.29) is 18.0 Å². The van der Waals surface area contributed by atoms with Gasteiger partial charge in [0.15, 0.2) is 5.78 Å².